The first kappa shape index (κ1) is 23.4. The Morgan fingerprint density at radius 3 is 2.56 bits per heavy atom. The Morgan fingerprint density at radius 1 is 1.11 bits per heavy atom. The first-order valence-electron chi connectivity index (χ1n) is 12.0. The summed E-state index contributed by atoms with van der Waals surface area (Å²) in [5.41, 5.74) is 2.41. The average Bonchev–Trinajstić information content (AvgIpc) is 3.54. The van der Waals surface area contributed by atoms with E-state index in [4.69, 9.17) is 0 Å². The molecule has 1 aromatic carbocycles. The number of rotatable bonds is 5. The number of carbonyl (C=O) groups is 3. The minimum absolute atomic E-state index is 0.0748. The van der Waals surface area contributed by atoms with Gasteiger partial charge in [0, 0.05) is 49.0 Å². The molecular formula is C26H27N7O3. The minimum atomic E-state index is -0.585. The molecule has 2 amide bonds. The number of amides is 2. The molecule has 1 atom stereocenters. The highest BCUT2D eigenvalue weighted by Crippen LogP contribution is 2.28. The van der Waals surface area contributed by atoms with Crippen LogP contribution < -0.4 is 0 Å². The summed E-state index contributed by atoms with van der Waals surface area (Å²) in [6.45, 7) is 6.63. The van der Waals surface area contributed by atoms with Gasteiger partial charge in [0.05, 0.1) is 11.1 Å². The van der Waals surface area contributed by atoms with Crippen molar-refractivity contribution in [2.75, 3.05) is 19.6 Å². The molecule has 10 nitrogen and oxygen atoms in total. The number of carbonyl (C=O) groups excluding carboxylic acids is 3. The summed E-state index contributed by atoms with van der Waals surface area (Å²) in [5.74, 6) is -0.0617. The van der Waals surface area contributed by atoms with Crippen molar-refractivity contribution >= 4 is 28.5 Å². The maximum absolute atomic E-state index is 13.4. The van der Waals surface area contributed by atoms with Gasteiger partial charge in [-0.25, -0.2) is 9.97 Å². The third-order valence-electron chi connectivity index (χ3n) is 6.70. The molecule has 36 heavy (non-hydrogen) atoms. The van der Waals surface area contributed by atoms with Crippen LogP contribution in [0.4, 0.5) is 0 Å². The molecule has 0 bridgehead atoms. The van der Waals surface area contributed by atoms with Gasteiger partial charge in [0.15, 0.2) is 5.82 Å². The molecule has 1 aliphatic heterocycles. The first-order chi connectivity index (χ1) is 17.4. The van der Waals surface area contributed by atoms with Crippen LogP contribution in [0.5, 0.6) is 0 Å². The highest BCUT2D eigenvalue weighted by Gasteiger charge is 2.34. The topological polar surface area (TPSA) is 117 Å². The SMILES string of the molecule is CCc1cnc(-n2ncnc2C)c2[nH]cc(C(=O)C(=O)N3CCN(C(=O)c4ccccc4)[C@H](C)C3)c12. The third-order valence-corrected chi connectivity index (χ3v) is 6.70. The van der Waals surface area contributed by atoms with Crippen LogP contribution in [0, 0.1) is 6.92 Å². The molecule has 0 unspecified atom stereocenters. The number of hydrogen-bond donors (Lipinski definition) is 1. The summed E-state index contributed by atoms with van der Waals surface area (Å²) in [4.78, 5) is 54.8. The fourth-order valence-corrected chi connectivity index (χ4v) is 4.77. The van der Waals surface area contributed by atoms with E-state index < -0.39 is 11.7 Å². The summed E-state index contributed by atoms with van der Waals surface area (Å²) < 4.78 is 1.60. The van der Waals surface area contributed by atoms with Crippen LogP contribution in [0.3, 0.4) is 0 Å². The molecule has 0 spiro atoms. The monoisotopic (exact) mass is 485 g/mol. The first-order valence-corrected chi connectivity index (χ1v) is 12.0. The highest BCUT2D eigenvalue weighted by molar-refractivity contribution is 6.45. The van der Waals surface area contributed by atoms with E-state index in [1.807, 2.05) is 39.0 Å². The molecule has 1 saturated heterocycles. The number of H-pyrrole nitrogens is 1. The number of benzene rings is 1. The summed E-state index contributed by atoms with van der Waals surface area (Å²) in [7, 11) is 0. The van der Waals surface area contributed by atoms with Crippen LogP contribution >= 0.6 is 0 Å². The van der Waals surface area contributed by atoms with E-state index in [0.717, 1.165) is 5.56 Å². The average molecular weight is 486 g/mol. The Bertz CT molecular complexity index is 1460. The van der Waals surface area contributed by atoms with Crippen LogP contribution in [-0.4, -0.2) is 77.8 Å². The lowest BCUT2D eigenvalue weighted by molar-refractivity contribution is -0.128. The van der Waals surface area contributed by atoms with E-state index in [-0.39, 0.29) is 18.5 Å². The molecule has 5 rings (SSSR count). The van der Waals surface area contributed by atoms with E-state index >= 15 is 0 Å². The molecule has 4 heterocycles. The summed E-state index contributed by atoms with van der Waals surface area (Å²) >= 11 is 0. The maximum Gasteiger partial charge on any atom is 0.295 e. The molecule has 1 fully saturated rings. The molecular weight excluding hydrogens is 458 g/mol. The number of aromatic amines is 1. The minimum Gasteiger partial charge on any atom is -0.357 e. The molecule has 10 heteroatoms. The van der Waals surface area contributed by atoms with E-state index in [1.54, 1.807) is 34.1 Å². The van der Waals surface area contributed by atoms with Crippen molar-refractivity contribution in [1.29, 1.82) is 0 Å². The summed E-state index contributed by atoms with van der Waals surface area (Å²) in [5, 5.41) is 4.90. The van der Waals surface area contributed by atoms with Crippen molar-refractivity contribution in [3.05, 3.63) is 71.6 Å². The van der Waals surface area contributed by atoms with Crippen LogP contribution in [0.15, 0.2) is 49.1 Å². The lowest BCUT2D eigenvalue weighted by Crippen LogP contribution is -2.56. The smallest absolute Gasteiger partial charge is 0.295 e. The van der Waals surface area contributed by atoms with Gasteiger partial charge in [-0.15, -0.1) is 0 Å². The number of nitrogens with one attached hydrogen (secondary N) is 1. The number of hydrogen-bond acceptors (Lipinski definition) is 6. The highest BCUT2D eigenvalue weighted by atomic mass is 16.2. The summed E-state index contributed by atoms with van der Waals surface area (Å²) in [6.07, 6.45) is 5.37. The van der Waals surface area contributed by atoms with Crippen molar-refractivity contribution in [2.45, 2.75) is 33.2 Å². The number of aryl methyl sites for hydroxylation is 2. The number of ketones is 1. The van der Waals surface area contributed by atoms with Crippen molar-refractivity contribution in [3.8, 4) is 5.82 Å². The third kappa shape index (κ3) is 3.94. The Labute approximate surface area is 207 Å². The van der Waals surface area contributed by atoms with Gasteiger partial charge in [0.1, 0.15) is 12.2 Å². The van der Waals surface area contributed by atoms with Crippen LogP contribution in [-0.2, 0) is 11.2 Å². The van der Waals surface area contributed by atoms with Gasteiger partial charge in [0.25, 0.3) is 17.6 Å². The van der Waals surface area contributed by atoms with Gasteiger partial charge in [-0.2, -0.15) is 9.78 Å². The molecule has 1 aliphatic rings. The zero-order valence-electron chi connectivity index (χ0n) is 20.4. The normalized spacial score (nSPS) is 15.9. The predicted octanol–water partition coefficient (Wildman–Crippen LogP) is 2.57. The molecule has 0 aliphatic carbocycles. The number of nitrogens with zero attached hydrogens (tertiary/aromatic N) is 6. The fraction of sp³-hybridized carbons (Fsp3) is 0.308. The van der Waals surface area contributed by atoms with Crippen molar-refractivity contribution < 1.29 is 14.4 Å². The Kier molecular flexibility index (Phi) is 6.09. The fourth-order valence-electron chi connectivity index (χ4n) is 4.77. The van der Waals surface area contributed by atoms with E-state index in [0.29, 0.717) is 53.2 Å². The van der Waals surface area contributed by atoms with E-state index in [1.165, 1.54) is 11.2 Å². The van der Waals surface area contributed by atoms with Crippen molar-refractivity contribution in [1.82, 2.24) is 34.5 Å². The van der Waals surface area contributed by atoms with Gasteiger partial charge < -0.3 is 14.8 Å². The van der Waals surface area contributed by atoms with Gasteiger partial charge in [-0.1, -0.05) is 25.1 Å². The maximum atomic E-state index is 13.4. The zero-order valence-corrected chi connectivity index (χ0v) is 20.4. The van der Waals surface area contributed by atoms with Crippen LogP contribution in [0.25, 0.3) is 16.7 Å². The van der Waals surface area contributed by atoms with E-state index in [9.17, 15) is 14.4 Å². The van der Waals surface area contributed by atoms with Gasteiger partial charge in [-0.3, -0.25) is 14.4 Å². The lowest BCUT2D eigenvalue weighted by atomic mass is 10.0. The molecule has 4 aromatic rings. The van der Waals surface area contributed by atoms with Crippen LogP contribution in [0.1, 0.15) is 46.0 Å². The Hall–Kier alpha value is -4.34. The largest absolute Gasteiger partial charge is 0.357 e. The molecule has 3 aromatic heterocycles. The standard InChI is InChI=1S/C26H27N7O3/c1-4-18-12-28-24(33-17(3)29-15-30-33)22-21(18)20(13-27-22)23(34)26(36)31-10-11-32(16(2)14-31)25(35)19-8-6-5-7-9-19/h5-9,12-13,15-16,27H,4,10-11,14H2,1-3H3/t16-/m1/s1. The van der Waals surface area contributed by atoms with Crippen LogP contribution in [0.2, 0.25) is 0 Å². The Morgan fingerprint density at radius 2 is 1.89 bits per heavy atom. The van der Waals surface area contributed by atoms with E-state index in [2.05, 4.69) is 20.1 Å². The quantitative estimate of drug-likeness (QED) is 0.343. The molecule has 0 radical (unpaired) electrons. The second kappa shape index (κ2) is 9.37. The molecule has 1 N–H and O–H groups in total. The van der Waals surface area contributed by atoms with Gasteiger partial charge in [0.2, 0.25) is 0 Å². The number of fused-ring (bicyclic) bond motifs is 1. The zero-order chi connectivity index (χ0) is 25.4. The number of aromatic nitrogens is 5. The molecule has 184 valence electrons. The Balaban J connectivity index is 1.40. The second-order valence-corrected chi connectivity index (χ2v) is 8.93. The van der Waals surface area contributed by atoms with Gasteiger partial charge >= 0.3 is 0 Å². The molecule has 0 saturated carbocycles. The van der Waals surface area contributed by atoms with Crippen molar-refractivity contribution in [2.24, 2.45) is 0 Å². The van der Waals surface area contributed by atoms with Crippen molar-refractivity contribution in [3.63, 3.8) is 0 Å². The number of piperazine rings is 1. The predicted molar refractivity (Wildman–Crippen MR) is 133 cm³/mol. The lowest BCUT2D eigenvalue weighted by Gasteiger charge is -2.39. The second-order valence-electron chi connectivity index (χ2n) is 8.93. The number of pyridine rings is 1. The number of Topliss-reactive ketones (excluding diaryl/α,β-unsaturated/α-hetero) is 1. The summed E-state index contributed by atoms with van der Waals surface area (Å²) in [6, 6.07) is 8.86. The van der Waals surface area contributed by atoms with Gasteiger partial charge in [-0.05, 0) is 38.0 Å².